The van der Waals surface area contributed by atoms with E-state index >= 15 is 0 Å². The highest BCUT2D eigenvalue weighted by atomic mass is 35.5. The number of para-hydroxylation sites is 1. The zero-order valence-corrected chi connectivity index (χ0v) is 15.6. The number of benzene rings is 3. The number of hydrogen-bond acceptors (Lipinski definition) is 1. The lowest BCUT2D eigenvalue weighted by atomic mass is 10.1. The van der Waals surface area contributed by atoms with E-state index in [2.05, 4.69) is 22.0 Å². The van der Waals surface area contributed by atoms with Gasteiger partial charge in [-0.3, -0.25) is 0 Å². The van der Waals surface area contributed by atoms with E-state index in [1.165, 1.54) is 11.6 Å². The molecule has 0 aliphatic carbocycles. The monoisotopic (exact) mass is 378 g/mol. The standard InChI is InChI=1S/C23H20ClFN2/c24-19-9-10-23-22(14-19)18(15-26-23)11-12-27(21-7-2-1-3-8-21)16-17-5-4-6-20(25)13-17/h1-10,13-15,26H,11-12,16H2. The van der Waals surface area contributed by atoms with Gasteiger partial charge < -0.3 is 9.88 Å². The van der Waals surface area contributed by atoms with Crippen molar-refractivity contribution in [3.63, 3.8) is 0 Å². The van der Waals surface area contributed by atoms with E-state index in [9.17, 15) is 4.39 Å². The van der Waals surface area contributed by atoms with Crippen molar-refractivity contribution in [2.75, 3.05) is 11.4 Å². The average molecular weight is 379 g/mol. The minimum Gasteiger partial charge on any atom is -0.367 e. The molecule has 0 saturated heterocycles. The number of fused-ring (bicyclic) bond motifs is 1. The van der Waals surface area contributed by atoms with Crippen molar-refractivity contribution in [2.45, 2.75) is 13.0 Å². The maximum atomic E-state index is 13.6. The number of rotatable bonds is 6. The third-order valence-electron chi connectivity index (χ3n) is 4.76. The lowest BCUT2D eigenvalue weighted by Gasteiger charge is -2.25. The Labute approximate surface area is 163 Å². The van der Waals surface area contributed by atoms with Crippen molar-refractivity contribution >= 4 is 28.2 Å². The molecule has 136 valence electrons. The quantitative estimate of drug-likeness (QED) is 0.422. The largest absolute Gasteiger partial charge is 0.367 e. The second-order valence-electron chi connectivity index (χ2n) is 6.64. The summed E-state index contributed by atoms with van der Waals surface area (Å²) < 4.78 is 13.6. The van der Waals surface area contributed by atoms with Gasteiger partial charge in [-0.05, 0) is 60.0 Å². The number of H-pyrrole nitrogens is 1. The molecule has 0 spiro atoms. The molecule has 0 fully saturated rings. The average Bonchev–Trinajstić information content (AvgIpc) is 3.08. The molecule has 0 aliphatic rings. The highest BCUT2D eigenvalue weighted by Gasteiger charge is 2.11. The van der Waals surface area contributed by atoms with Crippen molar-refractivity contribution < 1.29 is 4.39 Å². The Hall–Kier alpha value is -2.78. The SMILES string of the molecule is Fc1cccc(CN(CCc2c[nH]c3ccc(Cl)cc23)c2ccccc2)c1. The minimum atomic E-state index is -0.202. The smallest absolute Gasteiger partial charge is 0.123 e. The Morgan fingerprint density at radius 3 is 2.59 bits per heavy atom. The van der Waals surface area contributed by atoms with Crippen LogP contribution in [0, 0.1) is 5.82 Å². The van der Waals surface area contributed by atoms with Gasteiger partial charge in [0.1, 0.15) is 5.82 Å². The van der Waals surface area contributed by atoms with Crippen LogP contribution in [0.4, 0.5) is 10.1 Å². The first kappa shape index (κ1) is 17.6. The zero-order valence-electron chi connectivity index (χ0n) is 14.8. The fourth-order valence-corrected chi connectivity index (χ4v) is 3.58. The fraction of sp³-hybridized carbons (Fsp3) is 0.130. The van der Waals surface area contributed by atoms with Crippen LogP contribution in [0.3, 0.4) is 0 Å². The first-order valence-electron chi connectivity index (χ1n) is 8.99. The molecule has 27 heavy (non-hydrogen) atoms. The molecule has 1 N–H and O–H groups in total. The molecule has 4 aromatic rings. The molecule has 0 bridgehead atoms. The predicted molar refractivity (Wildman–Crippen MR) is 111 cm³/mol. The number of hydrogen-bond donors (Lipinski definition) is 1. The summed E-state index contributed by atoms with van der Waals surface area (Å²) in [6.07, 6.45) is 2.91. The molecule has 1 heterocycles. The van der Waals surface area contributed by atoms with E-state index in [-0.39, 0.29) is 5.82 Å². The zero-order chi connectivity index (χ0) is 18.6. The van der Waals surface area contributed by atoms with Gasteiger partial charge in [-0.25, -0.2) is 4.39 Å². The Balaban J connectivity index is 1.58. The van der Waals surface area contributed by atoms with E-state index in [4.69, 9.17) is 11.6 Å². The van der Waals surface area contributed by atoms with Crippen molar-refractivity contribution in [1.82, 2.24) is 4.98 Å². The lowest BCUT2D eigenvalue weighted by molar-refractivity contribution is 0.624. The molecular formula is C23H20ClFN2. The molecule has 3 aromatic carbocycles. The van der Waals surface area contributed by atoms with Gasteiger partial charge in [0.15, 0.2) is 0 Å². The van der Waals surface area contributed by atoms with Gasteiger partial charge in [-0.15, -0.1) is 0 Å². The molecule has 4 rings (SSSR count). The Morgan fingerprint density at radius 1 is 0.926 bits per heavy atom. The highest BCUT2D eigenvalue weighted by Crippen LogP contribution is 2.24. The third-order valence-corrected chi connectivity index (χ3v) is 5.00. The molecule has 0 atom stereocenters. The van der Waals surface area contributed by atoms with Gasteiger partial charge >= 0.3 is 0 Å². The summed E-state index contributed by atoms with van der Waals surface area (Å²) in [5.74, 6) is -0.202. The Morgan fingerprint density at radius 2 is 1.78 bits per heavy atom. The molecular weight excluding hydrogens is 359 g/mol. The van der Waals surface area contributed by atoms with Gasteiger partial charge in [0.05, 0.1) is 0 Å². The molecule has 0 radical (unpaired) electrons. The summed E-state index contributed by atoms with van der Waals surface area (Å²) in [5, 5.41) is 1.89. The first-order chi connectivity index (χ1) is 13.2. The van der Waals surface area contributed by atoms with Crippen LogP contribution in [0.2, 0.25) is 5.02 Å². The number of aromatic amines is 1. The van der Waals surface area contributed by atoms with Crippen LogP contribution >= 0.6 is 11.6 Å². The number of nitrogens with zero attached hydrogens (tertiary/aromatic N) is 1. The number of nitrogens with one attached hydrogen (secondary N) is 1. The number of halogens is 2. The van der Waals surface area contributed by atoms with Gasteiger partial charge in [0.25, 0.3) is 0 Å². The Kier molecular flexibility index (Phi) is 5.12. The highest BCUT2D eigenvalue weighted by molar-refractivity contribution is 6.31. The van der Waals surface area contributed by atoms with Crippen molar-refractivity contribution in [3.05, 3.63) is 101 Å². The minimum absolute atomic E-state index is 0.202. The van der Waals surface area contributed by atoms with Gasteiger partial charge in [0, 0.05) is 40.9 Å². The second-order valence-corrected chi connectivity index (χ2v) is 7.08. The lowest BCUT2D eigenvalue weighted by Crippen LogP contribution is -2.25. The summed E-state index contributed by atoms with van der Waals surface area (Å²) in [6, 6.07) is 22.9. The van der Waals surface area contributed by atoms with Crippen molar-refractivity contribution in [3.8, 4) is 0 Å². The van der Waals surface area contributed by atoms with Crippen LogP contribution in [0.1, 0.15) is 11.1 Å². The van der Waals surface area contributed by atoms with Crippen LogP contribution in [-0.4, -0.2) is 11.5 Å². The molecule has 0 unspecified atom stereocenters. The molecule has 0 saturated carbocycles. The summed E-state index contributed by atoms with van der Waals surface area (Å²) in [5.41, 5.74) is 4.40. The van der Waals surface area contributed by atoms with E-state index in [0.29, 0.717) is 6.54 Å². The number of anilines is 1. The molecule has 2 nitrogen and oxygen atoms in total. The summed E-state index contributed by atoms with van der Waals surface area (Å²) in [7, 11) is 0. The molecule has 4 heteroatoms. The van der Waals surface area contributed by atoms with E-state index in [1.807, 2.05) is 48.7 Å². The second kappa shape index (κ2) is 7.85. The van der Waals surface area contributed by atoms with Gasteiger partial charge in [-0.2, -0.15) is 0 Å². The summed E-state index contributed by atoms with van der Waals surface area (Å²) in [4.78, 5) is 5.59. The van der Waals surface area contributed by atoms with Crippen molar-refractivity contribution in [1.29, 1.82) is 0 Å². The van der Waals surface area contributed by atoms with Gasteiger partial charge in [-0.1, -0.05) is 41.9 Å². The van der Waals surface area contributed by atoms with Crippen LogP contribution in [-0.2, 0) is 13.0 Å². The molecule has 0 amide bonds. The maximum Gasteiger partial charge on any atom is 0.123 e. The fourth-order valence-electron chi connectivity index (χ4n) is 3.41. The van der Waals surface area contributed by atoms with Crippen LogP contribution in [0.25, 0.3) is 10.9 Å². The summed E-state index contributed by atoms with van der Waals surface area (Å²) in [6.45, 7) is 1.48. The normalized spacial score (nSPS) is 11.0. The van der Waals surface area contributed by atoms with Crippen LogP contribution in [0.15, 0.2) is 79.0 Å². The third kappa shape index (κ3) is 4.15. The van der Waals surface area contributed by atoms with Crippen LogP contribution < -0.4 is 4.90 Å². The first-order valence-corrected chi connectivity index (χ1v) is 9.37. The maximum absolute atomic E-state index is 13.6. The van der Waals surface area contributed by atoms with E-state index in [0.717, 1.165) is 40.1 Å². The number of aromatic nitrogens is 1. The van der Waals surface area contributed by atoms with Gasteiger partial charge in [0.2, 0.25) is 0 Å². The van der Waals surface area contributed by atoms with Crippen LogP contribution in [0.5, 0.6) is 0 Å². The molecule has 0 aliphatic heterocycles. The van der Waals surface area contributed by atoms with E-state index in [1.54, 1.807) is 12.1 Å². The Bertz CT molecular complexity index is 1040. The topological polar surface area (TPSA) is 19.0 Å². The summed E-state index contributed by atoms with van der Waals surface area (Å²) >= 11 is 6.17. The molecule has 1 aromatic heterocycles. The van der Waals surface area contributed by atoms with E-state index < -0.39 is 0 Å². The predicted octanol–water partition coefficient (Wildman–Crippen LogP) is 6.21. The van der Waals surface area contributed by atoms with Crippen molar-refractivity contribution in [2.24, 2.45) is 0 Å².